The Labute approximate surface area is 196 Å². The zero-order valence-corrected chi connectivity index (χ0v) is 18.7. The van der Waals surface area contributed by atoms with E-state index < -0.39 is 40.5 Å². The van der Waals surface area contributed by atoms with Gasteiger partial charge in [-0.1, -0.05) is 30.3 Å². The lowest BCUT2D eigenvalue weighted by Gasteiger charge is -2.25. The van der Waals surface area contributed by atoms with Crippen LogP contribution in [0.25, 0.3) is 16.8 Å². The van der Waals surface area contributed by atoms with Crippen LogP contribution in [0.1, 0.15) is 46.3 Å². The summed E-state index contributed by atoms with van der Waals surface area (Å²) in [6.45, 7) is 2.80. The summed E-state index contributed by atoms with van der Waals surface area (Å²) in [5.41, 5.74) is -2.23. The minimum atomic E-state index is -5.39. The van der Waals surface area contributed by atoms with Crippen molar-refractivity contribution in [3.8, 4) is 11.3 Å². The molecule has 0 saturated carbocycles. The third-order valence-corrected chi connectivity index (χ3v) is 5.22. The van der Waals surface area contributed by atoms with Crippen LogP contribution in [0.2, 0.25) is 0 Å². The highest BCUT2D eigenvalue weighted by Crippen LogP contribution is 2.51. The number of benzene rings is 1. The number of pyridine rings is 1. The number of esters is 2. The molecule has 0 aliphatic rings. The first-order valence-corrected chi connectivity index (χ1v) is 10.5. The maximum atomic E-state index is 15.4. The van der Waals surface area contributed by atoms with E-state index in [4.69, 9.17) is 9.47 Å². The molecule has 1 atom stereocenters. The van der Waals surface area contributed by atoms with Gasteiger partial charge in [-0.15, -0.1) is 0 Å². The van der Waals surface area contributed by atoms with Gasteiger partial charge in [0.1, 0.15) is 0 Å². The predicted molar refractivity (Wildman–Crippen MR) is 114 cm³/mol. The first-order valence-electron chi connectivity index (χ1n) is 10.1. The molecule has 34 heavy (non-hydrogen) atoms. The number of carbonyl (C=O) groups excluding carboxylic acids is 2. The molecule has 0 bridgehead atoms. The molecule has 2 heterocycles. The van der Waals surface area contributed by atoms with Gasteiger partial charge in [0.15, 0.2) is 6.17 Å². The zero-order chi connectivity index (χ0) is 25.3. The van der Waals surface area contributed by atoms with E-state index >= 15 is 4.39 Å². The second-order valence-electron chi connectivity index (χ2n) is 7.10. The number of fused-ring (bicyclic) bond motifs is 1. The highest BCUT2D eigenvalue weighted by molar-refractivity contribution is 6.22. The second-order valence-corrected chi connectivity index (χ2v) is 7.57. The molecule has 11 heteroatoms. The summed E-state index contributed by atoms with van der Waals surface area (Å²) >= 11 is 4.55. The van der Waals surface area contributed by atoms with Crippen molar-refractivity contribution >= 4 is 29.1 Å². The highest BCUT2D eigenvalue weighted by atomic mass is 35.5. The highest BCUT2D eigenvalue weighted by Gasteiger charge is 2.63. The molecule has 0 aliphatic heterocycles. The average Bonchev–Trinajstić information content (AvgIpc) is 3.13. The molecule has 3 aromatic rings. The van der Waals surface area contributed by atoms with Crippen molar-refractivity contribution in [2.24, 2.45) is 0 Å². The molecule has 0 saturated heterocycles. The summed E-state index contributed by atoms with van der Waals surface area (Å²) in [6.07, 6.45) is -2.49. The van der Waals surface area contributed by atoms with Crippen LogP contribution in [0.4, 0.5) is 22.0 Å². The van der Waals surface area contributed by atoms with Crippen LogP contribution in [0.5, 0.6) is 0 Å². The van der Waals surface area contributed by atoms with Crippen LogP contribution in [-0.2, 0) is 9.47 Å². The Morgan fingerprint density at radius 2 is 1.59 bits per heavy atom. The fourth-order valence-corrected chi connectivity index (χ4v) is 3.59. The van der Waals surface area contributed by atoms with E-state index in [1.54, 1.807) is 13.0 Å². The number of carbonyl (C=O) groups is 2. The molecule has 1 aromatic carbocycles. The van der Waals surface area contributed by atoms with Gasteiger partial charge in [0, 0.05) is 11.8 Å². The van der Waals surface area contributed by atoms with E-state index in [2.05, 4.69) is 11.6 Å². The van der Waals surface area contributed by atoms with E-state index in [-0.39, 0.29) is 35.6 Å². The molecule has 0 aliphatic carbocycles. The minimum absolute atomic E-state index is 0.0276. The van der Waals surface area contributed by atoms with E-state index in [1.165, 1.54) is 43.5 Å². The lowest BCUT2D eigenvalue weighted by molar-refractivity contribution is -0.196. The summed E-state index contributed by atoms with van der Waals surface area (Å²) in [5, 5.41) is -5.27. The molecule has 1 unspecified atom stereocenters. The molecule has 3 rings (SSSR count). The Morgan fingerprint density at radius 1 is 1.00 bits per heavy atom. The zero-order valence-electron chi connectivity index (χ0n) is 18.0. The third kappa shape index (κ3) is 4.46. The average molecular weight is 504 g/mol. The predicted octanol–water partition coefficient (Wildman–Crippen LogP) is 6.44. The van der Waals surface area contributed by atoms with Crippen molar-refractivity contribution in [1.29, 1.82) is 0 Å². The fraction of sp³-hybridized carbons (Fsp3) is 0.304. The van der Waals surface area contributed by atoms with Gasteiger partial charge in [-0.25, -0.2) is 14.0 Å². The topological polar surface area (TPSA) is 57.0 Å². The first kappa shape index (κ1) is 25.5. The van der Waals surface area contributed by atoms with E-state index in [0.29, 0.717) is 0 Å². The summed E-state index contributed by atoms with van der Waals surface area (Å²) in [5.74, 6) is -7.43. The molecule has 0 fully saturated rings. The standard InChI is InChI=1S/C23H19ClF5NO4/c1-3-33-20(31)14-10-11-30-15(12-14)16(21(32)34-4-2)17(18(30)13-8-6-5-7-9-13)19(25)22(26,27)23(24,28)29/h5-12,19H,3-4H2,1-2H3. The van der Waals surface area contributed by atoms with E-state index in [0.717, 1.165) is 10.5 Å². The smallest absolute Gasteiger partial charge is 0.387 e. The third-order valence-electron chi connectivity index (χ3n) is 4.96. The van der Waals surface area contributed by atoms with Crippen molar-refractivity contribution < 1.29 is 41.0 Å². The van der Waals surface area contributed by atoms with Crippen LogP contribution >= 0.6 is 11.6 Å². The van der Waals surface area contributed by atoms with Gasteiger partial charge >= 0.3 is 23.2 Å². The van der Waals surface area contributed by atoms with Crippen molar-refractivity contribution in [3.63, 3.8) is 0 Å². The summed E-state index contributed by atoms with van der Waals surface area (Å²) in [7, 11) is 0. The molecule has 5 nitrogen and oxygen atoms in total. The lowest BCUT2D eigenvalue weighted by Crippen LogP contribution is -2.40. The normalized spacial score (nSPS) is 13.1. The Balaban J connectivity index is 2.46. The number of halogens is 6. The number of nitrogens with zero attached hydrogens (tertiary/aromatic N) is 1. The van der Waals surface area contributed by atoms with Gasteiger partial charge in [-0.2, -0.15) is 17.6 Å². The number of aromatic nitrogens is 1. The fourth-order valence-electron chi connectivity index (χ4n) is 3.50. The summed E-state index contributed by atoms with van der Waals surface area (Å²) < 4.78 is 82.5. The van der Waals surface area contributed by atoms with Crippen molar-refractivity contribution in [2.75, 3.05) is 13.2 Å². The van der Waals surface area contributed by atoms with Crippen LogP contribution in [0.15, 0.2) is 48.7 Å². The number of ether oxygens (including phenoxy) is 2. The number of hydrogen-bond donors (Lipinski definition) is 0. The van der Waals surface area contributed by atoms with Crippen LogP contribution < -0.4 is 0 Å². The number of rotatable bonds is 8. The Bertz CT molecular complexity index is 1210. The van der Waals surface area contributed by atoms with Crippen molar-refractivity contribution in [2.45, 2.75) is 31.3 Å². The lowest BCUT2D eigenvalue weighted by atomic mass is 9.96. The molecule has 2 aromatic heterocycles. The maximum Gasteiger partial charge on any atom is 0.387 e. The SMILES string of the molecule is CCOC(=O)c1ccn2c(-c3ccccc3)c(C(F)C(F)(F)C(F)(F)Cl)c(C(=O)OCC)c2c1. The molecular weight excluding hydrogens is 485 g/mol. The second kappa shape index (κ2) is 9.61. The Hall–Kier alpha value is -3.14. The van der Waals surface area contributed by atoms with Crippen molar-refractivity contribution in [3.05, 3.63) is 65.4 Å². The van der Waals surface area contributed by atoms with Gasteiger partial charge < -0.3 is 13.9 Å². The van der Waals surface area contributed by atoms with Gasteiger partial charge in [0.05, 0.1) is 35.6 Å². The van der Waals surface area contributed by atoms with Gasteiger partial charge in [0.2, 0.25) is 0 Å². The molecule has 0 N–H and O–H groups in total. The minimum Gasteiger partial charge on any atom is -0.462 e. The largest absolute Gasteiger partial charge is 0.462 e. The Morgan fingerprint density at radius 3 is 2.15 bits per heavy atom. The van der Waals surface area contributed by atoms with Crippen LogP contribution in [0, 0.1) is 0 Å². The monoisotopic (exact) mass is 503 g/mol. The summed E-state index contributed by atoms with van der Waals surface area (Å²) in [4.78, 5) is 25.1. The summed E-state index contributed by atoms with van der Waals surface area (Å²) in [6, 6.07) is 9.83. The maximum absolute atomic E-state index is 15.4. The molecule has 182 valence electrons. The molecule has 0 amide bonds. The van der Waals surface area contributed by atoms with E-state index in [9.17, 15) is 27.2 Å². The number of hydrogen-bond acceptors (Lipinski definition) is 4. The number of alkyl halides is 6. The molecule has 0 radical (unpaired) electrons. The Kier molecular flexibility index (Phi) is 7.21. The quantitative estimate of drug-likeness (QED) is 0.202. The van der Waals surface area contributed by atoms with Crippen molar-refractivity contribution in [1.82, 2.24) is 4.40 Å². The van der Waals surface area contributed by atoms with Crippen LogP contribution in [0.3, 0.4) is 0 Å². The van der Waals surface area contributed by atoms with Crippen LogP contribution in [-0.4, -0.2) is 40.9 Å². The molecular formula is C23H19ClF5NO4. The van der Waals surface area contributed by atoms with Gasteiger partial charge in [0.25, 0.3) is 0 Å². The van der Waals surface area contributed by atoms with E-state index in [1.807, 2.05) is 0 Å². The van der Waals surface area contributed by atoms with Gasteiger partial charge in [-0.05, 0) is 43.1 Å². The molecule has 0 spiro atoms. The first-order chi connectivity index (χ1) is 16.0. The van der Waals surface area contributed by atoms with Gasteiger partial charge in [-0.3, -0.25) is 0 Å².